The van der Waals surface area contributed by atoms with Gasteiger partial charge >= 0.3 is 0 Å². The number of benzene rings is 1. The van der Waals surface area contributed by atoms with Gasteiger partial charge in [0.15, 0.2) is 0 Å². The first-order valence-electron chi connectivity index (χ1n) is 6.73. The molecule has 1 saturated heterocycles. The lowest BCUT2D eigenvalue weighted by Gasteiger charge is -2.25. The average Bonchev–Trinajstić information content (AvgIpc) is 2.86. The molecule has 1 amide bonds. The summed E-state index contributed by atoms with van der Waals surface area (Å²) in [6.07, 6.45) is 2.80. The molecule has 2 rings (SSSR count). The van der Waals surface area contributed by atoms with E-state index in [1.54, 1.807) is 0 Å². The molecule has 19 heavy (non-hydrogen) atoms. The van der Waals surface area contributed by atoms with Crippen molar-refractivity contribution in [2.75, 3.05) is 20.1 Å². The van der Waals surface area contributed by atoms with Gasteiger partial charge < -0.3 is 10.2 Å². The highest BCUT2D eigenvalue weighted by atomic mass is 35.5. The lowest BCUT2D eigenvalue weighted by molar-refractivity contribution is -0.132. The maximum Gasteiger partial charge on any atom is 0.224 e. The van der Waals surface area contributed by atoms with Gasteiger partial charge in [0.2, 0.25) is 5.91 Å². The summed E-state index contributed by atoms with van der Waals surface area (Å²) in [7, 11) is 1.88. The largest absolute Gasteiger partial charge is 0.336 e. The molecule has 1 aliphatic heterocycles. The normalized spacial score (nSPS) is 18.2. The fourth-order valence-electron chi connectivity index (χ4n) is 2.58. The van der Waals surface area contributed by atoms with Gasteiger partial charge in [0, 0.05) is 19.5 Å². The van der Waals surface area contributed by atoms with Gasteiger partial charge in [0.05, 0.1) is 6.04 Å². The number of carbonyl (C=O) groups excluding carboxylic acids is 1. The Labute approximate surface area is 121 Å². The summed E-state index contributed by atoms with van der Waals surface area (Å²) in [6, 6.07) is 8.86. The Morgan fingerprint density at radius 3 is 2.68 bits per heavy atom. The first-order chi connectivity index (χ1) is 8.72. The molecule has 1 aromatic rings. The molecule has 4 heteroatoms. The molecule has 0 radical (unpaired) electrons. The van der Waals surface area contributed by atoms with Crippen LogP contribution in [0, 0.1) is 6.92 Å². The molecule has 106 valence electrons. The average molecular weight is 283 g/mol. The molecular formula is C15H23ClN2O. The molecule has 1 aromatic carbocycles. The van der Waals surface area contributed by atoms with E-state index in [0.717, 1.165) is 25.9 Å². The van der Waals surface area contributed by atoms with Crippen LogP contribution in [0.5, 0.6) is 0 Å². The first kappa shape index (κ1) is 16.0. The Morgan fingerprint density at radius 1 is 1.37 bits per heavy atom. The number of carbonyl (C=O) groups is 1. The van der Waals surface area contributed by atoms with Gasteiger partial charge in [-0.25, -0.2) is 0 Å². The number of aryl methyl sites for hydroxylation is 1. The van der Waals surface area contributed by atoms with Crippen LogP contribution < -0.4 is 5.32 Å². The Bertz CT molecular complexity index is 405. The number of hydrogen-bond donors (Lipinski definition) is 1. The third-order valence-corrected chi connectivity index (χ3v) is 3.62. The van der Waals surface area contributed by atoms with Crippen LogP contribution in [-0.2, 0) is 4.79 Å². The van der Waals surface area contributed by atoms with Gasteiger partial charge in [0.25, 0.3) is 0 Å². The van der Waals surface area contributed by atoms with Crippen LogP contribution in [0.25, 0.3) is 0 Å². The summed E-state index contributed by atoms with van der Waals surface area (Å²) in [5, 5.41) is 3.04. The van der Waals surface area contributed by atoms with E-state index in [1.165, 1.54) is 11.1 Å². The molecular weight excluding hydrogens is 260 g/mol. The van der Waals surface area contributed by atoms with Crippen molar-refractivity contribution >= 4 is 18.3 Å². The molecule has 1 aliphatic rings. The van der Waals surface area contributed by atoms with E-state index < -0.39 is 0 Å². The summed E-state index contributed by atoms with van der Waals surface area (Å²) >= 11 is 0. The van der Waals surface area contributed by atoms with E-state index in [-0.39, 0.29) is 24.4 Å². The second kappa shape index (κ2) is 7.51. The predicted octanol–water partition coefficient (Wildman–Crippen LogP) is 2.69. The fourth-order valence-corrected chi connectivity index (χ4v) is 2.58. The van der Waals surface area contributed by atoms with Crippen molar-refractivity contribution in [2.24, 2.45) is 0 Å². The first-order valence-corrected chi connectivity index (χ1v) is 6.73. The molecule has 0 spiro atoms. The Hall–Kier alpha value is -1.06. The van der Waals surface area contributed by atoms with E-state index in [0.29, 0.717) is 6.42 Å². The van der Waals surface area contributed by atoms with Crippen molar-refractivity contribution in [2.45, 2.75) is 32.2 Å². The highest BCUT2D eigenvalue weighted by Crippen LogP contribution is 2.32. The molecule has 3 nitrogen and oxygen atoms in total. The van der Waals surface area contributed by atoms with Crippen molar-refractivity contribution in [1.82, 2.24) is 10.2 Å². The van der Waals surface area contributed by atoms with Crippen LogP contribution in [0.4, 0.5) is 0 Å². The molecule has 1 heterocycles. The summed E-state index contributed by atoms with van der Waals surface area (Å²) in [6.45, 7) is 3.76. The predicted molar refractivity (Wildman–Crippen MR) is 80.7 cm³/mol. The molecule has 0 saturated carbocycles. The van der Waals surface area contributed by atoms with Crippen LogP contribution in [0.15, 0.2) is 24.3 Å². The van der Waals surface area contributed by atoms with E-state index in [2.05, 4.69) is 36.5 Å². The lowest BCUT2D eigenvalue weighted by atomic mass is 10.0. The van der Waals surface area contributed by atoms with Crippen LogP contribution in [0.3, 0.4) is 0 Å². The van der Waals surface area contributed by atoms with E-state index in [1.807, 2.05) is 11.9 Å². The number of amides is 1. The minimum Gasteiger partial charge on any atom is -0.336 e. The lowest BCUT2D eigenvalue weighted by Crippen LogP contribution is -2.32. The minimum atomic E-state index is 0. The molecule has 0 aromatic heterocycles. The van der Waals surface area contributed by atoms with Crippen molar-refractivity contribution in [3.63, 3.8) is 0 Å². The summed E-state index contributed by atoms with van der Waals surface area (Å²) < 4.78 is 0. The molecule has 1 N–H and O–H groups in total. The quantitative estimate of drug-likeness (QED) is 0.921. The Balaban J connectivity index is 0.00000180. The monoisotopic (exact) mass is 282 g/mol. The van der Waals surface area contributed by atoms with Crippen LogP contribution in [0.1, 0.15) is 36.4 Å². The second-order valence-corrected chi connectivity index (χ2v) is 5.01. The summed E-state index contributed by atoms with van der Waals surface area (Å²) in [5.41, 5.74) is 2.54. The van der Waals surface area contributed by atoms with Crippen molar-refractivity contribution < 1.29 is 4.79 Å². The van der Waals surface area contributed by atoms with Crippen molar-refractivity contribution in [3.8, 4) is 0 Å². The summed E-state index contributed by atoms with van der Waals surface area (Å²) in [4.78, 5) is 14.2. The van der Waals surface area contributed by atoms with Crippen molar-refractivity contribution in [3.05, 3.63) is 35.4 Å². The summed E-state index contributed by atoms with van der Waals surface area (Å²) in [5.74, 6) is 0.271. The third-order valence-electron chi connectivity index (χ3n) is 3.62. The zero-order valence-corrected chi connectivity index (χ0v) is 12.5. The number of hydrogen-bond acceptors (Lipinski definition) is 2. The Morgan fingerprint density at radius 2 is 2.05 bits per heavy atom. The number of likely N-dealkylation sites (tertiary alicyclic amines) is 1. The molecule has 1 unspecified atom stereocenters. The number of nitrogens with one attached hydrogen (secondary N) is 1. The SMILES string of the molecule is CNCCC(=O)N1CCCC1c1ccc(C)cc1.Cl. The van der Waals surface area contributed by atoms with Crippen molar-refractivity contribution in [1.29, 1.82) is 0 Å². The molecule has 0 bridgehead atoms. The van der Waals surface area contributed by atoms with Gasteiger partial charge in [-0.3, -0.25) is 4.79 Å². The van der Waals surface area contributed by atoms with Gasteiger partial charge in [-0.1, -0.05) is 29.8 Å². The maximum absolute atomic E-state index is 12.1. The van der Waals surface area contributed by atoms with E-state index >= 15 is 0 Å². The topological polar surface area (TPSA) is 32.3 Å². The highest BCUT2D eigenvalue weighted by Gasteiger charge is 2.29. The zero-order valence-electron chi connectivity index (χ0n) is 11.7. The van der Waals surface area contributed by atoms with Gasteiger partial charge in [0.1, 0.15) is 0 Å². The van der Waals surface area contributed by atoms with Crippen LogP contribution in [0.2, 0.25) is 0 Å². The van der Waals surface area contributed by atoms with Crippen LogP contribution in [-0.4, -0.2) is 30.9 Å². The smallest absolute Gasteiger partial charge is 0.224 e. The zero-order chi connectivity index (χ0) is 13.0. The van der Waals surface area contributed by atoms with Gasteiger partial charge in [-0.05, 0) is 32.4 Å². The minimum absolute atomic E-state index is 0. The number of rotatable bonds is 4. The van der Waals surface area contributed by atoms with Gasteiger partial charge in [-0.15, -0.1) is 12.4 Å². The molecule has 0 aliphatic carbocycles. The van der Waals surface area contributed by atoms with Gasteiger partial charge in [-0.2, -0.15) is 0 Å². The fraction of sp³-hybridized carbons (Fsp3) is 0.533. The third kappa shape index (κ3) is 3.95. The molecule has 1 atom stereocenters. The number of nitrogens with zero attached hydrogens (tertiary/aromatic N) is 1. The standard InChI is InChI=1S/C15H22N2O.ClH/c1-12-5-7-13(8-6-12)14-4-3-11-17(14)15(18)9-10-16-2;/h5-8,14,16H,3-4,9-11H2,1-2H3;1H. The van der Waals surface area contributed by atoms with E-state index in [4.69, 9.17) is 0 Å². The van der Waals surface area contributed by atoms with E-state index in [9.17, 15) is 4.79 Å². The Kier molecular flexibility index (Phi) is 6.32. The second-order valence-electron chi connectivity index (χ2n) is 5.01. The van der Waals surface area contributed by atoms with Crippen LogP contribution >= 0.6 is 12.4 Å². The maximum atomic E-state index is 12.1. The number of halogens is 1. The molecule has 1 fully saturated rings. The highest BCUT2D eigenvalue weighted by molar-refractivity contribution is 5.85.